The summed E-state index contributed by atoms with van der Waals surface area (Å²) in [6.45, 7) is 20.6. The zero-order valence-electron chi connectivity index (χ0n) is 48.7. The van der Waals surface area contributed by atoms with Gasteiger partial charge in [-0.1, -0.05) is 135 Å². The van der Waals surface area contributed by atoms with Gasteiger partial charge in [-0.25, -0.2) is 9.59 Å². The third-order valence-electron chi connectivity index (χ3n) is 13.8. The molecule has 0 saturated heterocycles. The fraction of sp³-hybridized carbons (Fsp3) is 0.452. The van der Waals surface area contributed by atoms with Gasteiger partial charge in [0, 0.05) is 12.8 Å². The summed E-state index contributed by atoms with van der Waals surface area (Å²) in [5, 5.41) is 42.0. The maximum Gasteiger partial charge on any atom is 1.00 e. The molecule has 2 aliphatic heterocycles. The van der Waals surface area contributed by atoms with Gasteiger partial charge < -0.3 is 48.8 Å². The van der Waals surface area contributed by atoms with Crippen LogP contribution in [0.25, 0.3) is 0 Å². The number of esters is 6. The molecule has 0 bridgehead atoms. The number of aliphatic hydroxyl groups is 3. The average Bonchev–Trinajstić information content (AvgIpc) is 3.83. The molecule has 19 heteroatoms. The molecule has 3 N–H and O–H groups in total. The third kappa shape index (κ3) is 20.1. The van der Waals surface area contributed by atoms with Crippen molar-refractivity contribution in [1.29, 1.82) is 0 Å². The summed E-state index contributed by atoms with van der Waals surface area (Å²) in [7, 11) is 0. The number of allylic oxidation sites excluding steroid dienone is 20. The number of aliphatic hydroxyl groups excluding tert-OH is 3. The van der Waals surface area contributed by atoms with Crippen LogP contribution >= 0.6 is 0 Å². The standard InChI is InChI=1S/C62H76O18.Na/c1-35(19-15-21-37(3)23-25-43-39(5)53(69)47(31-61(43,9)10)77-51(67)29-27-49(65)75-33-45(63)57-41(7)56(72)60(74)79-57)17-13-14-18-36(2)20-16-22-38(4)24-26-44-40(6)54(70)48(32-62(44,11)12)78-52(68)30-28-50(66)76-34-46(64)58-55(71)42(8)59(73)80-58;/h13-26,45-48,57-58,63-64,71-72H,27-34H2,1-12H3;/q;+1/p-1/b14-13+,19-15+,20-16+,25-23+,26-24+,35-17+,36-18+,37-21+,38-22+;. The van der Waals surface area contributed by atoms with Crippen LogP contribution in [0.1, 0.15) is 122 Å². The molecule has 432 valence electrons. The van der Waals surface area contributed by atoms with Crippen molar-refractivity contribution in [3.05, 3.63) is 152 Å². The van der Waals surface area contributed by atoms with E-state index in [0.717, 1.165) is 33.4 Å². The molecule has 0 fully saturated rings. The number of rotatable bonds is 24. The number of Topliss-reactive ketones (excluding diaryl/α,β-unsaturated/α-hetero) is 2. The van der Waals surface area contributed by atoms with Crippen LogP contribution in [0, 0.1) is 10.8 Å². The second-order valence-corrected chi connectivity index (χ2v) is 21.5. The number of carbonyl (C=O) groups is 8. The topological polar surface area (TPSA) is 276 Å². The molecule has 0 radical (unpaired) electrons. The van der Waals surface area contributed by atoms with Crippen molar-refractivity contribution >= 4 is 47.4 Å². The predicted octanol–water partition coefficient (Wildman–Crippen LogP) is 4.70. The summed E-state index contributed by atoms with van der Waals surface area (Å²) in [4.78, 5) is 99.6. The smallest absolute Gasteiger partial charge is 0.868 e. The summed E-state index contributed by atoms with van der Waals surface area (Å²) in [5.74, 6) is -7.00. The van der Waals surface area contributed by atoms with E-state index in [1.54, 1.807) is 13.8 Å². The van der Waals surface area contributed by atoms with Crippen LogP contribution in [-0.2, 0) is 66.8 Å². The molecular formula is C62H75NaO18. The first-order valence-electron chi connectivity index (χ1n) is 26.3. The Hall–Kier alpha value is -6.70. The van der Waals surface area contributed by atoms with E-state index in [2.05, 4.69) is 0 Å². The van der Waals surface area contributed by atoms with Gasteiger partial charge in [-0.2, -0.15) is 0 Å². The van der Waals surface area contributed by atoms with Gasteiger partial charge in [0.15, 0.2) is 36.0 Å². The molecule has 18 nitrogen and oxygen atoms in total. The Morgan fingerprint density at radius 1 is 0.568 bits per heavy atom. The summed E-state index contributed by atoms with van der Waals surface area (Å²) >= 11 is 0. The first kappa shape index (κ1) is 68.6. The zero-order valence-corrected chi connectivity index (χ0v) is 50.7. The molecule has 6 atom stereocenters. The largest absolute Gasteiger partial charge is 1.00 e. The van der Waals surface area contributed by atoms with E-state index in [1.807, 2.05) is 140 Å². The Balaban J connectivity index is 0.0000172. The van der Waals surface area contributed by atoms with E-state index in [1.165, 1.54) is 13.8 Å². The second-order valence-electron chi connectivity index (χ2n) is 21.5. The predicted molar refractivity (Wildman–Crippen MR) is 293 cm³/mol. The fourth-order valence-corrected chi connectivity index (χ4v) is 9.03. The number of hydrogen-bond acceptors (Lipinski definition) is 18. The van der Waals surface area contributed by atoms with Crippen LogP contribution in [0.4, 0.5) is 0 Å². The van der Waals surface area contributed by atoms with Gasteiger partial charge in [0.2, 0.25) is 0 Å². The molecule has 2 aliphatic carbocycles. The van der Waals surface area contributed by atoms with E-state index in [4.69, 9.17) is 28.4 Å². The Labute approximate surface area is 496 Å². The Bertz CT molecular complexity index is 2690. The molecule has 0 aromatic carbocycles. The van der Waals surface area contributed by atoms with Gasteiger partial charge in [0.05, 0.1) is 31.3 Å². The third-order valence-corrected chi connectivity index (χ3v) is 13.8. The summed E-state index contributed by atoms with van der Waals surface area (Å²) in [6, 6.07) is 0. The maximum absolute atomic E-state index is 13.3. The van der Waals surface area contributed by atoms with Crippen molar-refractivity contribution in [1.82, 2.24) is 0 Å². The van der Waals surface area contributed by atoms with Gasteiger partial charge in [0.25, 0.3) is 0 Å². The molecule has 0 aromatic heterocycles. The fourth-order valence-electron chi connectivity index (χ4n) is 9.03. The number of hydrogen-bond donors (Lipinski definition) is 3. The molecule has 0 saturated carbocycles. The molecule has 2 heterocycles. The van der Waals surface area contributed by atoms with Crippen LogP contribution in [0.15, 0.2) is 152 Å². The minimum Gasteiger partial charge on any atom is -0.868 e. The molecule has 6 unspecified atom stereocenters. The van der Waals surface area contributed by atoms with Crippen LogP contribution in [0.5, 0.6) is 0 Å². The monoisotopic (exact) mass is 1130 g/mol. The number of carbonyl (C=O) groups excluding carboxylic acids is 8. The van der Waals surface area contributed by atoms with Gasteiger partial charge in [0.1, 0.15) is 31.2 Å². The first-order valence-corrected chi connectivity index (χ1v) is 26.3. The van der Waals surface area contributed by atoms with Crippen molar-refractivity contribution in [2.45, 2.75) is 158 Å². The molecule has 0 spiro atoms. The van der Waals surface area contributed by atoms with Gasteiger partial charge in [-0.05, 0) is 99.8 Å². The minimum absolute atomic E-state index is 0. The number of ether oxygens (including phenoxy) is 6. The average molecular weight is 1130 g/mol. The first-order chi connectivity index (χ1) is 37.4. The molecule has 4 aliphatic rings. The van der Waals surface area contributed by atoms with Crippen molar-refractivity contribution < 1.29 is 117 Å². The molecule has 4 rings (SSSR count). The van der Waals surface area contributed by atoms with Gasteiger partial charge in [-0.15, -0.1) is 0 Å². The van der Waals surface area contributed by atoms with Gasteiger partial charge >= 0.3 is 65.4 Å². The van der Waals surface area contributed by atoms with Crippen molar-refractivity contribution in [3.8, 4) is 0 Å². The second kappa shape index (κ2) is 30.9. The van der Waals surface area contributed by atoms with Gasteiger partial charge in [-0.3, -0.25) is 28.8 Å². The SMILES string of the molecule is CC1=C(O)C(C(O)COC(=O)CCC(=O)OC2CC(C)(C)C(/C=C/C(C)=C/C=C/C(C)=C/C=C/C=C(C)/C=C/C=C(C)/C=C/C3=C(C)C(=O)C(OC(=O)CCC(=O)OCC(O)C4OC(=O)C([O-])=C4C)CC3(C)C)=C(C)C2=O)OC1=O.[Na+]. The quantitative estimate of drug-likeness (QED) is 0.0511. The molecule has 0 amide bonds. The normalized spacial score (nSPS) is 22.8. The van der Waals surface area contributed by atoms with E-state index in [9.17, 15) is 58.8 Å². The number of cyclic esters (lactones) is 2. The zero-order chi connectivity index (χ0) is 59.8. The Morgan fingerprint density at radius 2 is 0.926 bits per heavy atom. The van der Waals surface area contributed by atoms with E-state index >= 15 is 0 Å². The molecule has 81 heavy (non-hydrogen) atoms. The van der Waals surface area contributed by atoms with Crippen LogP contribution < -0.4 is 34.7 Å². The van der Waals surface area contributed by atoms with E-state index in [0.29, 0.717) is 11.1 Å². The summed E-state index contributed by atoms with van der Waals surface area (Å²) in [6.07, 6.45) is 18.6. The van der Waals surface area contributed by atoms with E-state index < -0.39 is 108 Å². The number of ketones is 2. The Kier molecular flexibility index (Phi) is 26.2. The summed E-state index contributed by atoms with van der Waals surface area (Å²) in [5.41, 5.74) is 5.37. The molecular weight excluding hydrogens is 1060 g/mol. The van der Waals surface area contributed by atoms with Crippen molar-refractivity contribution in [2.24, 2.45) is 10.8 Å². The minimum atomic E-state index is -1.50. The van der Waals surface area contributed by atoms with Crippen LogP contribution in [0.3, 0.4) is 0 Å². The Morgan fingerprint density at radius 3 is 1.30 bits per heavy atom. The van der Waals surface area contributed by atoms with Crippen molar-refractivity contribution in [3.63, 3.8) is 0 Å². The van der Waals surface area contributed by atoms with Crippen LogP contribution in [-0.4, -0.2) is 113 Å². The molecule has 0 aromatic rings. The maximum atomic E-state index is 13.3. The van der Waals surface area contributed by atoms with E-state index in [-0.39, 0.29) is 90.8 Å². The summed E-state index contributed by atoms with van der Waals surface area (Å²) < 4.78 is 30.7. The van der Waals surface area contributed by atoms with Crippen LogP contribution in [0.2, 0.25) is 0 Å². The van der Waals surface area contributed by atoms with Crippen molar-refractivity contribution in [2.75, 3.05) is 13.2 Å².